The van der Waals surface area contributed by atoms with Crippen LogP contribution >= 0.6 is 0 Å². The smallest absolute Gasteiger partial charge is 0.253 e. The number of nitrogens with one attached hydrogen (secondary N) is 1. The molecule has 0 saturated carbocycles. The first-order valence-corrected chi connectivity index (χ1v) is 11.8. The van der Waals surface area contributed by atoms with Gasteiger partial charge in [-0.1, -0.05) is 6.07 Å². The lowest BCUT2D eigenvalue weighted by Crippen LogP contribution is -2.57. The normalized spacial score (nSPS) is 19.8. The van der Waals surface area contributed by atoms with Crippen LogP contribution in [0.2, 0.25) is 0 Å². The van der Waals surface area contributed by atoms with Gasteiger partial charge in [0.2, 0.25) is 11.8 Å². The van der Waals surface area contributed by atoms with Gasteiger partial charge >= 0.3 is 0 Å². The minimum atomic E-state index is -0.255. The number of fused-ring (bicyclic) bond motifs is 3. The molecular weight excluding hydrogens is 418 g/mol. The maximum Gasteiger partial charge on any atom is 0.253 e. The Morgan fingerprint density at radius 2 is 1.82 bits per heavy atom. The van der Waals surface area contributed by atoms with Crippen LogP contribution < -0.4 is 15.1 Å². The van der Waals surface area contributed by atoms with Gasteiger partial charge in [-0.05, 0) is 62.4 Å². The molecule has 0 spiro atoms. The van der Waals surface area contributed by atoms with Crippen molar-refractivity contribution in [1.29, 1.82) is 0 Å². The quantitative estimate of drug-likeness (QED) is 0.761. The predicted octanol–water partition coefficient (Wildman–Crippen LogP) is 2.34. The summed E-state index contributed by atoms with van der Waals surface area (Å²) in [5.41, 5.74) is 2.90. The maximum absolute atomic E-state index is 13.5. The van der Waals surface area contributed by atoms with Crippen molar-refractivity contribution < 1.29 is 14.4 Å². The number of amides is 3. The fourth-order valence-electron chi connectivity index (χ4n) is 5.05. The molecule has 33 heavy (non-hydrogen) atoms. The summed E-state index contributed by atoms with van der Waals surface area (Å²) in [6, 6.07) is 10.9. The molecule has 2 saturated heterocycles. The third-order valence-electron chi connectivity index (χ3n) is 6.76. The zero-order chi connectivity index (χ0) is 22.8. The zero-order valence-electron chi connectivity index (χ0n) is 18.7. The minimum Gasteiger partial charge on any atom is -0.358 e. The summed E-state index contributed by atoms with van der Waals surface area (Å²) in [5, 5.41) is 2.87. The number of anilines is 2. The molecular formula is C25H29N5O3. The van der Waals surface area contributed by atoms with Gasteiger partial charge in [-0.25, -0.2) is 0 Å². The van der Waals surface area contributed by atoms with E-state index in [-0.39, 0.29) is 30.3 Å². The number of carbonyl (C=O) groups excluding carboxylic acids is 3. The second-order valence-electron chi connectivity index (χ2n) is 8.93. The van der Waals surface area contributed by atoms with Gasteiger partial charge in [0.1, 0.15) is 12.6 Å². The van der Waals surface area contributed by atoms with Crippen LogP contribution in [0.5, 0.6) is 0 Å². The Morgan fingerprint density at radius 1 is 1.00 bits per heavy atom. The van der Waals surface area contributed by atoms with Crippen molar-refractivity contribution >= 4 is 29.1 Å². The van der Waals surface area contributed by atoms with Crippen molar-refractivity contribution in [2.45, 2.75) is 44.7 Å². The Morgan fingerprint density at radius 3 is 2.61 bits per heavy atom. The van der Waals surface area contributed by atoms with Gasteiger partial charge in [-0.2, -0.15) is 0 Å². The van der Waals surface area contributed by atoms with Crippen molar-refractivity contribution in [1.82, 2.24) is 15.2 Å². The average molecular weight is 448 g/mol. The summed E-state index contributed by atoms with van der Waals surface area (Å²) in [6.07, 6.45) is 6.53. The van der Waals surface area contributed by atoms with E-state index < -0.39 is 0 Å². The first-order chi connectivity index (χ1) is 16.1. The molecule has 3 aliphatic heterocycles. The van der Waals surface area contributed by atoms with E-state index in [9.17, 15) is 14.4 Å². The van der Waals surface area contributed by atoms with Crippen molar-refractivity contribution in [2.75, 3.05) is 36.0 Å². The molecule has 3 aliphatic rings. The lowest BCUT2D eigenvalue weighted by atomic mass is 9.95. The Bertz CT molecular complexity index is 1050. The number of hydrogen-bond acceptors (Lipinski definition) is 5. The molecule has 1 aromatic heterocycles. The van der Waals surface area contributed by atoms with Crippen LogP contribution in [0.25, 0.3) is 0 Å². The maximum atomic E-state index is 13.5. The van der Waals surface area contributed by atoms with Crippen molar-refractivity contribution in [2.24, 2.45) is 0 Å². The number of nitrogens with zero attached hydrogens (tertiary/aromatic N) is 4. The Hall–Kier alpha value is -3.42. The lowest BCUT2D eigenvalue weighted by molar-refractivity contribution is -0.125. The highest BCUT2D eigenvalue weighted by atomic mass is 16.2. The molecule has 1 aromatic carbocycles. The molecule has 172 valence electrons. The van der Waals surface area contributed by atoms with Gasteiger partial charge in [-0.3, -0.25) is 24.3 Å². The molecule has 1 N–H and O–H groups in total. The first-order valence-electron chi connectivity index (χ1n) is 11.8. The summed E-state index contributed by atoms with van der Waals surface area (Å²) in [4.78, 5) is 49.1. The summed E-state index contributed by atoms with van der Waals surface area (Å²) >= 11 is 0. The largest absolute Gasteiger partial charge is 0.358 e. The molecule has 0 aliphatic carbocycles. The second kappa shape index (κ2) is 9.21. The SMILES string of the molecule is O=C(CN1C(=O)[C@@H]2CCCCN2c2ccc(C(=O)N3CCCC3)cc21)NCc1ccccn1. The third-order valence-corrected chi connectivity index (χ3v) is 6.76. The van der Waals surface area contributed by atoms with E-state index in [0.717, 1.165) is 63.1 Å². The average Bonchev–Trinajstić information content (AvgIpc) is 3.40. The molecule has 4 heterocycles. The van der Waals surface area contributed by atoms with Gasteiger partial charge in [0, 0.05) is 31.4 Å². The molecule has 0 bridgehead atoms. The van der Waals surface area contributed by atoms with Gasteiger partial charge < -0.3 is 15.1 Å². The van der Waals surface area contributed by atoms with Crippen molar-refractivity contribution in [3.8, 4) is 0 Å². The van der Waals surface area contributed by atoms with Crippen LogP contribution in [-0.2, 0) is 16.1 Å². The van der Waals surface area contributed by atoms with Crippen LogP contribution in [-0.4, -0.2) is 59.8 Å². The lowest BCUT2D eigenvalue weighted by Gasteiger charge is -2.45. The fourth-order valence-corrected chi connectivity index (χ4v) is 5.05. The molecule has 2 fully saturated rings. The molecule has 8 nitrogen and oxygen atoms in total. The van der Waals surface area contributed by atoms with Crippen molar-refractivity contribution in [3.05, 3.63) is 53.9 Å². The Kier molecular flexibility index (Phi) is 5.98. The fraction of sp³-hybridized carbons (Fsp3) is 0.440. The number of piperidine rings is 1. The molecule has 0 unspecified atom stereocenters. The predicted molar refractivity (Wildman–Crippen MR) is 125 cm³/mol. The van der Waals surface area contributed by atoms with E-state index in [1.165, 1.54) is 0 Å². The van der Waals surface area contributed by atoms with Gasteiger partial charge in [0.05, 0.1) is 23.6 Å². The van der Waals surface area contributed by atoms with E-state index in [1.54, 1.807) is 17.2 Å². The number of pyridine rings is 1. The van der Waals surface area contributed by atoms with Crippen LogP contribution in [0.1, 0.15) is 48.2 Å². The monoisotopic (exact) mass is 447 g/mol. The summed E-state index contributed by atoms with van der Waals surface area (Å²) in [5.74, 6) is -0.329. The molecule has 5 rings (SSSR count). The number of likely N-dealkylation sites (tertiary alicyclic amines) is 1. The number of aromatic nitrogens is 1. The van der Waals surface area contributed by atoms with Gasteiger partial charge in [-0.15, -0.1) is 0 Å². The zero-order valence-corrected chi connectivity index (χ0v) is 18.7. The Balaban J connectivity index is 1.41. The van der Waals surface area contributed by atoms with E-state index in [0.29, 0.717) is 17.8 Å². The van der Waals surface area contributed by atoms with Crippen LogP contribution in [0, 0.1) is 0 Å². The minimum absolute atomic E-state index is 0.0110. The molecule has 8 heteroatoms. The van der Waals surface area contributed by atoms with Crippen LogP contribution in [0.4, 0.5) is 11.4 Å². The number of hydrogen-bond donors (Lipinski definition) is 1. The summed E-state index contributed by atoms with van der Waals surface area (Å²) < 4.78 is 0. The number of rotatable bonds is 5. The number of benzene rings is 1. The first kappa shape index (κ1) is 21.4. The topological polar surface area (TPSA) is 85.9 Å². The highest BCUT2D eigenvalue weighted by Crippen LogP contribution is 2.40. The molecule has 3 amide bonds. The van der Waals surface area contributed by atoms with E-state index in [1.807, 2.05) is 35.2 Å². The third kappa shape index (κ3) is 4.29. The Labute approximate surface area is 193 Å². The van der Waals surface area contributed by atoms with E-state index >= 15 is 0 Å². The standard InChI is InChI=1S/C25H29N5O3/c31-23(27-16-19-7-1-3-11-26-19)17-30-22-15-18(24(32)28-12-5-6-13-28)9-10-20(22)29-14-4-2-8-21(29)25(30)33/h1,3,7,9-11,15,21H,2,4-6,8,12-14,16-17H2,(H,27,31)/t21-/m0/s1. The van der Waals surface area contributed by atoms with Crippen LogP contribution in [0.15, 0.2) is 42.6 Å². The molecule has 1 atom stereocenters. The van der Waals surface area contributed by atoms with Gasteiger partial charge in [0.25, 0.3) is 5.91 Å². The molecule has 2 aromatic rings. The van der Waals surface area contributed by atoms with Crippen molar-refractivity contribution in [3.63, 3.8) is 0 Å². The summed E-state index contributed by atoms with van der Waals surface area (Å²) in [7, 11) is 0. The highest BCUT2D eigenvalue weighted by molar-refractivity contribution is 6.09. The second-order valence-corrected chi connectivity index (χ2v) is 8.93. The van der Waals surface area contributed by atoms with E-state index in [4.69, 9.17) is 0 Å². The van der Waals surface area contributed by atoms with Crippen LogP contribution in [0.3, 0.4) is 0 Å². The van der Waals surface area contributed by atoms with Gasteiger partial charge in [0.15, 0.2) is 0 Å². The molecule has 0 radical (unpaired) electrons. The van der Waals surface area contributed by atoms with E-state index in [2.05, 4.69) is 15.2 Å². The highest BCUT2D eigenvalue weighted by Gasteiger charge is 2.40. The number of carbonyl (C=O) groups is 3. The summed E-state index contributed by atoms with van der Waals surface area (Å²) in [6.45, 7) is 2.57.